The maximum Gasteiger partial charge on any atom is 0.410 e. The zero-order chi connectivity index (χ0) is 66.6. The number of benzene rings is 1. The largest absolute Gasteiger partial charge is 0.457 e. The fourth-order valence-electron chi connectivity index (χ4n) is 10.5. The van der Waals surface area contributed by atoms with Crippen molar-refractivity contribution in [1.82, 2.24) is 30.7 Å². The van der Waals surface area contributed by atoms with E-state index in [1.54, 1.807) is 70.2 Å². The number of nitrogens with one attached hydrogen (secondary N) is 4. The van der Waals surface area contributed by atoms with Crippen molar-refractivity contribution < 1.29 is 91.7 Å². The number of aliphatic hydroxyl groups excluding tert-OH is 2. The number of allylic oxidation sites excluding steroid dienone is 2. The fraction of sp³-hybridized carbons (Fsp3) is 0.603. The highest BCUT2D eigenvalue weighted by atomic mass is 16.6. The number of carbonyl (C=O) groups excluding carboxylic acids is 11. The van der Waals surface area contributed by atoms with Crippen molar-refractivity contribution in [3.05, 3.63) is 77.9 Å². The van der Waals surface area contributed by atoms with E-state index in [4.69, 9.17) is 29.4 Å². The molecule has 4 aliphatic rings. The molecule has 90 heavy (non-hydrogen) atoms. The molecule has 0 aromatic heterocycles. The van der Waals surface area contributed by atoms with Gasteiger partial charge in [-0.05, 0) is 96.1 Å². The average molecular weight is 1260 g/mol. The van der Waals surface area contributed by atoms with Crippen LogP contribution in [0.4, 0.5) is 15.3 Å². The number of ether oxygens (including phenoxy) is 5. The molecule has 1 aromatic rings. The van der Waals surface area contributed by atoms with Gasteiger partial charge in [0.1, 0.15) is 36.4 Å². The maximum absolute atomic E-state index is 13.9. The summed E-state index contributed by atoms with van der Waals surface area (Å²) in [4.78, 5) is 144. The van der Waals surface area contributed by atoms with E-state index in [-0.39, 0.29) is 101 Å². The Morgan fingerprint density at radius 2 is 1.49 bits per heavy atom. The van der Waals surface area contributed by atoms with Gasteiger partial charge in [0.2, 0.25) is 29.5 Å². The number of epoxide rings is 1. The van der Waals surface area contributed by atoms with Gasteiger partial charge in [0.05, 0.1) is 42.9 Å². The van der Waals surface area contributed by atoms with Crippen LogP contribution in [0.3, 0.4) is 0 Å². The molecule has 4 heterocycles. The number of rotatable bonds is 27. The van der Waals surface area contributed by atoms with Crippen molar-refractivity contribution in [2.24, 2.45) is 17.6 Å². The van der Waals surface area contributed by atoms with Gasteiger partial charge >= 0.3 is 24.1 Å². The molecule has 496 valence electrons. The van der Waals surface area contributed by atoms with Crippen LogP contribution in [0.15, 0.2) is 72.4 Å². The monoisotopic (exact) mass is 1260 g/mol. The van der Waals surface area contributed by atoms with E-state index < -0.39 is 120 Å². The second-order valence-corrected chi connectivity index (χ2v) is 24.0. The van der Waals surface area contributed by atoms with Crippen LogP contribution in [0.5, 0.6) is 0 Å². The summed E-state index contributed by atoms with van der Waals surface area (Å²) in [5.74, 6) is -6.42. The average Bonchev–Trinajstić information content (AvgIpc) is 1.61. The number of carbonyl (C=O) groups is 11. The van der Waals surface area contributed by atoms with Gasteiger partial charge in [0.25, 0.3) is 11.8 Å². The van der Waals surface area contributed by atoms with Gasteiger partial charge in [-0.1, -0.05) is 63.6 Å². The van der Waals surface area contributed by atoms with Gasteiger partial charge in [-0.25, -0.2) is 9.59 Å². The first-order valence-corrected chi connectivity index (χ1v) is 30.5. The number of amides is 9. The highest BCUT2D eigenvalue weighted by Gasteiger charge is 2.47. The minimum atomic E-state index is -1.51. The molecule has 27 nitrogen and oxygen atoms in total. The Balaban J connectivity index is 1.10. The summed E-state index contributed by atoms with van der Waals surface area (Å²) in [6, 6.07) is 2.42. The molecule has 4 aliphatic heterocycles. The quantitative estimate of drug-likeness (QED) is 0.0119. The number of primary amides is 1. The van der Waals surface area contributed by atoms with E-state index in [0.29, 0.717) is 43.2 Å². The van der Waals surface area contributed by atoms with Crippen molar-refractivity contribution in [2.45, 2.75) is 199 Å². The Kier molecular flexibility index (Phi) is 27.2. The number of cyclic esters (lactones) is 1. The first-order valence-electron chi connectivity index (χ1n) is 30.5. The minimum absolute atomic E-state index is 0.0139. The van der Waals surface area contributed by atoms with E-state index >= 15 is 0 Å². The predicted molar refractivity (Wildman–Crippen MR) is 324 cm³/mol. The molecule has 0 aliphatic carbocycles. The normalized spacial score (nSPS) is 25.0. The van der Waals surface area contributed by atoms with E-state index in [1.165, 1.54) is 54.9 Å². The number of esters is 2. The molecule has 9 amide bonds. The van der Waals surface area contributed by atoms with Crippen LogP contribution >= 0.6 is 0 Å². The molecule has 0 radical (unpaired) electrons. The Morgan fingerprint density at radius 3 is 2.11 bits per heavy atom. The summed E-state index contributed by atoms with van der Waals surface area (Å²) in [7, 11) is 0. The molecular formula is C63H90N8O19. The van der Waals surface area contributed by atoms with Gasteiger partial charge in [-0.3, -0.25) is 48.1 Å². The van der Waals surface area contributed by atoms with E-state index in [2.05, 4.69) is 21.3 Å². The van der Waals surface area contributed by atoms with Gasteiger partial charge in [-0.2, -0.15) is 0 Å². The van der Waals surface area contributed by atoms with Crippen LogP contribution in [0, 0.1) is 11.8 Å². The standard InChI is InChI=1S/C63H90N8O19/c1-10-47(74)39(4)56-48(87-56)35-62(8,85)26-14-15-37(2)55-38(3)17-22-49(63(9,90-42(7)72)27-25-45(73)33-54(79)89-55)88-61(84)70-31-29-69(30-32-70)60(83)86-36-43-18-20-44(21-19-43)67-59(82)46(34-50(64)75)68-58(81)41(6)66-57(80)40(5)65-51(76)16-12-11-13-28-71-52(77)23-24-53(71)78/h14-15,17-24,26,38-41,45-49,55-56,73-74,85H,10-13,16,25,27-36H2,1-9H3,(H2,64,75)(H,65,76)(H,66,80)(H,67,82)(H,68,81)/b22-17-,26-14+,37-15+/t38-,39+,40-,41+,45+,46+,47-,48+,49-,55+,56+,62-,63+/m0/s1. The van der Waals surface area contributed by atoms with Crippen LogP contribution in [0.2, 0.25) is 0 Å². The molecule has 2 saturated heterocycles. The third-order valence-corrected chi connectivity index (χ3v) is 16.1. The molecule has 0 spiro atoms. The summed E-state index contributed by atoms with van der Waals surface area (Å²) < 4.78 is 29.2. The van der Waals surface area contributed by atoms with Gasteiger partial charge in [0.15, 0.2) is 6.10 Å². The number of piperazine rings is 1. The smallest absolute Gasteiger partial charge is 0.410 e. The van der Waals surface area contributed by atoms with E-state index in [0.717, 1.165) is 4.90 Å². The lowest BCUT2D eigenvalue weighted by atomic mass is 9.88. The molecule has 0 saturated carbocycles. The number of hydrogen-bond acceptors (Lipinski definition) is 19. The third kappa shape index (κ3) is 22.8. The Hall–Kier alpha value is -8.01. The minimum Gasteiger partial charge on any atom is -0.457 e. The predicted octanol–water partition coefficient (Wildman–Crippen LogP) is 3.03. The molecule has 0 bridgehead atoms. The Morgan fingerprint density at radius 1 is 0.867 bits per heavy atom. The second kappa shape index (κ2) is 33.7. The molecular weight excluding hydrogens is 1170 g/mol. The van der Waals surface area contributed by atoms with Gasteiger partial charge in [-0.15, -0.1) is 0 Å². The highest BCUT2D eigenvalue weighted by Crippen LogP contribution is 2.38. The first kappa shape index (κ1) is 72.7. The number of anilines is 1. The number of nitrogens with two attached hydrogens (primary N) is 1. The van der Waals surface area contributed by atoms with Crippen LogP contribution < -0.4 is 27.0 Å². The number of hydrogen-bond donors (Lipinski definition) is 8. The number of imide groups is 1. The number of aliphatic hydroxyl groups is 3. The molecule has 2 fully saturated rings. The van der Waals surface area contributed by atoms with Crippen LogP contribution in [0.25, 0.3) is 0 Å². The van der Waals surface area contributed by atoms with Crippen molar-refractivity contribution in [3.8, 4) is 0 Å². The van der Waals surface area contributed by atoms with Gasteiger partial charge in [0, 0.05) is 82.2 Å². The van der Waals surface area contributed by atoms with Crippen molar-refractivity contribution in [1.29, 1.82) is 0 Å². The lowest BCUT2D eigenvalue weighted by molar-refractivity contribution is -0.168. The summed E-state index contributed by atoms with van der Waals surface area (Å²) >= 11 is 0. The van der Waals surface area contributed by atoms with Gasteiger partial charge < -0.3 is 75.8 Å². The zero-order valence-electron chi connectivity index (χ0n) is 52.8. The summed E-state index contributed by atoms with van der Waals surface area (Å²) in [6.07, 6.45) is 6.42. The molecule has 13 atom stereocenters. The van der Waals surface area contributed by atoms with E-state index in [9.17, 15) is 68.1 Å². The molecule has 1 aromatic carbocycles. The summed E-state index contributed by atoms with van der Waals surface area (Å²) in [5, 5.41) is 42.5. The molecule has 9 N–H and O–H groups in total. The fourth-order valence-corrected chi connectivity index (χ4v) is 10.5. The lowest BCUT2D eigenvalue weighted by Crippen LogP contribution is -2.55. The first-order chi connectivity index (χ1) is 42.4. The lowest BCUT2D eigenvalue weighted by Gasteiger charge is -2.38. The molecule has 5 rings (SSSR count). The SMILES string of the molecule is CC[C@H](O)[C@@H](C)[C@H]1O[C@@H]1C[C@@](C)(O)/C=C/C=C(\C)[C@H]1OC(=O)C[C@H](O)CC[C@@](C)(OC(C)=O)[C@@H](OC(=O)N2CCN(C(=O)OCc3ccc(NC(=O)[C@@H](CC(N)=O)NC(=O)[C@@H](C)NC(=O)[C@H](C)NC(=O)CCCCCN4C(=O)C=CC4=O)cc3)CC2)/C=C\[C@@H]1C. The van der Waals surface area contributed by atoms with Crippen molar-refractivity contribution in [2.75, 3.05) is 38.0 Å². The third-order valence-electron chi connectivity index (χ3n) is 16.1. The topological polar surface area (TPSA) is 382 Å². The van der Waals surface area contributed by atoms with Crippen LogP contribution in [-0.2, 0) is 73.4 Å². The van der Waals surface area contributed by atoms with Crippen LogP contribution in [-0.4, -0.2) is 194 Å². The zero-order valence-corrected chi connectivity index (χ0v) is 52.8. The van der Waals surface area contributed by atoms with Crippen LogP contribution in [0.1, 0.15) is 132 Å². The summed E-state index contributed by atoms with van der Waals surface area (Å²) in [6.45, 7) is 14.8. The highest BCUT2D eigenvalue weighted by molar-refractivity contribution is 6.12. The number of unbranched alkanes of at least 4 members (excludes halogenated alkanes) is 2. The van der Waals surface area contributed by atoms with E-state index in [1.807, 2.05) is 13.8 Å². The Bertz CT molecular complexity index is 2850. The maximum atomic E-state index is 13.9. The molecule has 0 unspecified atom stereocenters. The second-order valence-electron chi connectivity index (χ2n) is 24.0. The number of nitrogens with zero attached hydrogens (tertiary/aromatic N) is 3. The Labute approximate surface area is 524 Å². The van der Waals surface area contributed by atoms with Crippen molar-refractivity contribution in [3.63, 3.8) is 0 Å². The van der Waals surface area contributed by atoms with Crippen molar-refractivity contribution >= 4 is 71.2 Å². The summed E-state index contributed by atoms with van der Waals surface area (Å²) in [5.41, 5.74) is 4.00. The molecule has 27 heteroatoms.